The number of likely N-dealkylation sites (tertiary alicyclic amines) is 1. The lowest BCUT2D eigenvalue weighted by molar-refractivity contribution is -0.143. The first-order valence-corrected chi connectivity index (χ1v) is 6.43. The Balaban J connectivity index is 2.85. The second-order valence-corrected chi connectivity index (χ2v) is 5.96. The Morgan fingerprint density at radius 3 is 2.32 bits per heavy atom. The molecule has 0 unspecified atom stereocenters. The summed E-state index contributed by atoms with van der Waals surface area (Å²) in [5.41, 5.74) is -0.339. The standard InChI is InChI=1S/C14H19N3O2/c1-14(2,3)11(10(8-15)9-16)7-13(19)17-6-4-5-12(17)18/h10-11H,4-7H2,1-3H3/t11-/m1/s1. The summed E-state index contributed by atoms with van der Waals surface area (Å²) in [7, 11) is 0. The van der Waals surface area contributed by atoms with E-state index in [-0.39, 0.29) is 29.6 Å². The molecule has 1 atom stereocenters. The minimum atomic E-state index is -0.832. The van der Waals surface area contributed by atoms with Gasteiger partial charge in [-0.3, -0.25) is 14.5 Å². The lowest BCUT2D eigenvalue weighted by atomic mass is 9.72. The minimum absolute atomic E-state index is 0.0705. The van der Waals surface area contributed by atoms with Gasteiger partial charge < -0.3 is 0 Å². The van der Waals surface area contributed by atoms with E-state index in [1.54, 1.807) is 0 Å². The van der Waals surface area contributed by atoms with E-state index in [0.717, 1.165) is 0 Å². The molecule has 0 N–H and O–H groups in total. The second-order valence-electron chi connectivity index (χ2n) is 5.96. The number of rotatable bonds is 3. The minimum Gasteiger partial charge on any atom is -0.283 e. The molecule has 0 aromatic carbocycles. The second kappa shape index (κ2) is 5.84. The lowest BCUT2D eigenvalue weighted by Crippen LogP contribution is -2.37. The van der Waals surface area contributed by atoms with Gasteiger partial charge in [0, 0.05) is 25.3 Å². The Labute approximate surface area is 113 Å². The first-order chi connectivity index (χ1) is 8.81. The van der Waals surface area contributed by atoms with Crippen LogP contribution in [0.3, 0.4) is 0 Å². The van der Waals surface area contributed by atoms with Crippen molar-refractivity contribution in [1.29, 1.82) is 10.5 Å². The van der Waals surface area contributed by atoms with Crippen LogP contribution in [0.4, 0.5) is 0 Å². The zero-order valence-electron chi connectivity index (χ0n) is 11.6. The first-order valence-electron chi connectivity index (χ1n) is 6.43. The Morgan fingerprint density at radius 2 is 1.95 bits per heavy atom. The number of carbonyl (C=O) groups excluding carboxylic acids is 2. The van der Waals surface area contributed by atoms with E-state index >= 15 is 0 Å². The van der Waals surface area contributed by atoms with Crippen LogP contribution in [-0.4, -0.2) is 23.3 Å². The van der Waals surface area contributed by atoms with Gasteiger partial charge in [-0.2, -0.15) is 10.5 Å². The topological polar surface area (TPSA) is 85.0 Å². The quantitative estimate of drug-likeness (QED) is 0.776. The van der Waals surface area contributed by atoms with E-state index in [0.29, 0.717) is 19.4 Å². The molecule has 5 nitrogen and oxygen atoms in total. The number of amides is 2. The van der Waals surface area contributed by atoms with Crippen LogP contribution >= 0.6 is 0 Å². The Bertz CT molecular complexity index is 437. The fourth-order valence-electron chi connectivity index (χ4n) is 2.34. The predicted molar refractivity (Wildman–Crippen MR) is 68.2 cm³/mol. The number of carbonyl (C=O) groups is 2. The average Bonchev–Trinajstić information content (AvgIpc) is 2.74. The average molecular weight is 261 g/mol. The molecule has 0 radical (unpaired) electrons. The molecule has 1 saturated heterocycles. The fraction of sp³-hybridized carbons (Fsp3) is 0.714. The number of nitrogens with zero attached hydrogens (tertiary/aromatic N) is 3. The third-order valence-corrected chi connectivity index (χ3v) is 3.56. The van der Waals surface area contributed by atoms with Gasteiger partial charge >= 0.3 is 0 Å². The molecule has 0 bridgehead atoms. The third kappa shape index (κ3) is 3.54. The van der Waals surface area contributed by atoms with Gasteiger partial charge in [0.15, 0.2) is 0 Å². The van der Waals surface area contributed by atoms with E-state index in [9.17, 15) is 9.59 Å². The molecule has 2 amide bonds. The zero-order valence-corrected chi connectivity index (χ0v) is 11.6. The van der Waals surface area contributed by atoms with Crippen molar-refractivity contribution in [2.24, 2.45) is 17.3 Å². The van der Waals surface area contributed by atoms with Crippen molar-refractivity contribution in [3.63, 3.8) is 0 Å². The number of imide groups is 1. The summed E-state index contributed by atoms with van der Waals surface area (Å²) >= 11 is 0. The molecule has 1 heterocycles. The lowest BCUT2D eigenvalue weighted by Gasteiger charge is -2.31. The summed E-state index contributed by atoms with van der Waals surface area (Å²) < 4.78 is 0. The molecule has 0 spiro atoms. The summed E-state index contributed by atoms with van der Waals surface area (Å²) in [4.78, 5) is 24.9. The van der Waals surface area contributed by atoms with Crippen LogP contribution in [-0.2, 0) is 9.59 Å². The fourth-order valence-corrected chi connectivity index (χ4v) is 2.34. The highest BCUT2D eigenvalue weighted by molar-refractivity contribution is 5.96. The maximum Gasteiger partial charge on any atom is 0.229 e. The molecule has 19 heavy (non-hydrogen) atoms. The van der Waals surface area contributed by atoms with Crippen LogP contribution in [0.25, 0.3) is 0 Å². The van der Waals surface area contributed by atoms with E-state index < -0.39 is 5.92 Å². The van der Waals surface area contributed by atoms with Crippen molar-refractivity contribution in [2.75, 3.05) is 6.54 Å². The number of hydrogen-bond acceptors (Lipinski definition) is 4. The Morgan fingerprint density at radius 1 is 1.37 bits per heavy atom. The Kier molecular flexibility index (Phi) is 4.67. The van der Waals surface area contributed by atoms with Crippen molar-refractivity contribution in [3.8, 4) is 12.1 Å². The molecular weight excluding hydrogens is 242 g/mol. The molecule has 1 aliphatic rings. The smallest absolute Gasteiger partial charge is 0.229 e. The highest BCUT2D eigenvalue weighted by Gasteiger charge is 2.37. The SMILES string of the molecule is CC(C)(C)[C@H](CC(=O)N1CCCC1=O)C(C#N)C#N. The molecule has 1 aliphatic heterocycles. The normalized spacial score (nSPS) is 17.2. The molecule has 0 saturated carbocycles. The molecular formula is C14H19N3O2. The molecule has 0 aliphatic carbocycles. The molecule has 1 fully saturated rings. The molecule has 5 heteroatoms. The van der Waals surface area contributed by atoms with Crippen molar-refractivity contribution >= 4 is 11.8 Å². The van der Waals surface area contributed by atoms with Gasteiger partial charge in [-0.15, -0.1) is 0 Å². The van der Waals surface area contributed by atoms with Crippen LogP contribution in [0.15, 0.2) is 0 Å². The first kappa shape index (κ1) is 15.2. The summed E-state index contributed by atoms with van der Waals surface area (Å²) in [6.45, 7) is 6.16. The molecule has 0 aromatic heterocycles. The van der Waals surface area contributed by atoms with Gasteiger partial charge in [0.25, 0.3) is 0 Å². The van der Waals surface area contributed by atoms with Crippen molar-refractivity contribution in [3.05, 3.63) is 0 Å². The van der Waals surface area contributed by atoms with Crippen molar-refractivity contribution in [2.45, 2.75) is 40.0 Å². The van der Waals surface area contributed by atoms with E-state index in [1.165, 1.54) is 4.90 Å². The van der Waals surface area contributed by atoms with Crippen LogP contribution in [0.2, 0.25) is 0 Å². The highest BCUT2D eigenvalue weighted by Crippen LogP contribution is 2.35. The van der Waals surface area contributed by atoms with Crippen LogP contribution < -0.4 is 0 Å². The molecule has 1 rings (SSSR count). The summed E-state index contributed by atoms with van der Waals surface area (Å²) in [5, 5.41) is 18.1. The van der Waals surface area contributed by atoms with Crippen LogP contribution in [0.1, 0.15) is 40.0 Å². The van der Waals surface area contributed by atoms with Gasteiger partial charge in [0.05, 0.1) is 12.1 Å². The van der Waals surface area contributed by atoms with E-state index in [4.69, 9.17) is 10.5 Å². The predicted octanol–water partition coefficient (Wildman–Crippen LogP) is 1.85. The molecule has 102 valence electrons. The van der Waals surface area contributed by atoms with Gasteiger partial charge in [0.1, 0.15) is 5.92 Å². The Hall–Kier alpha value is -1.88. The molecule has 0 aromatic rings. The van der Waals surface area contributed by atoms with Crippen molar-refractivity contribution < 1.29 is 9.59 Å². The van der Waals surface area contributed by atoms with Crippen LogP contribution in [0, 0.1) is 39.9 Å². The van der Waals surface area contributed by atoms with E-state index in [1.807, 2.05) is 32.9 Å². The maximum absolute atomic E-state index is 12.1. The van der Waals surface area contributed by atoms with E-state index in [2.05, 4.69) is 0 Å². The third-order valence-electron chi connectivity index (χ3n) is 3.56. The number of hydrogen-bond donors (Lipinski definition) is 0. The number of nitriles is 2. The summed E-state index contributed by atoms with van der Waals surface area (Å²) in [6.07, 6.45) is 1.18. The largest absolute Gasteiger partial charge is 0.283 e. The van der Waals surface area contributed by atoms with Gasteiger partial charge in [-0.25, -0.2) is 0 Å². The monoisotopic (exact) mass is 261 g/mol. The zero-order chi connectivity index (χ0) is 14.6. The highest BCUT2D eigenvalue weighted by atomic mass is 16.2. The van der Waals surface area contributed by atoms with Gasteiger partial charge in [0.2, 0.25) is 11.8 Å². The summed E-state index contributed by atoms with van der Waals surface area (Å²) in [6, 6.07) is 3.90. The van der Waals surface area contributed by atoms with Crippen LogP contribution in [0.5, 0.6) is 0 Å². The maximum atomic E-state index is 12.1. The van der Waals surface area contributed by atoms with Gasteiger partial charge in [-0.05, 0) is 11.8 Å². The van der Waals surface area contributed by atoms with Gasteiger partial charge in [-0.1, -0.05) is 20.8 Å². The van der Waals surface area contributed by atoms with Crippen molar-refractivity contribution in [1.82, 2.24) is 4.90 Å². The summed E-state index contributed by atoms with van der Waals surface area (Å²) in [5.74, 6) is -1.62.